The van der Waals surface area contributed by atoms with Crippen LogP contribution in [0.25, 0.3) is 0 Å². The van der Waals surface area contributed by atoms with Crippen LogP contribution in [0.5, 0.6) is 0 Å². The lowest BCUT2D eigenvalue weighted by Gasteiger charge is -2.48. The van der Waals surface area contributed by atoms with Crippen molar-refractivity contribution in [2.75, 3.05) is 26.4 Å². The quantitative estimate of drug-likeness (QED) is 0.0265. The van der Waals surface area contributed by atoms with Gasteiger partial charge in [-0.15, -0.1) is 0 Å². The van der Waals surface area contributed by atoms with Gasteiger partial charge < -0.3 is 89.9 Å². The molecule has 0 saturated carbocycles. The Morgan fingerprint density at radius 3 is 1.30 bits per heavy atom. The van der Waals surface area contributed by atoms with Crippen molar-refractivity contribution in [3.8, 4) is 0 Å². The maximum Gasteiger partial charge on any atom is 0.220 e. The molecular formula is C60H107NO18. The molecule has 19 heteroatoms. The molecule has 0 radical (unpaired) electrons. The molecule has 0 aromatic rings. The summed E-state index contributed by atoms with van der Waals surface area (Å²) in [7, 11) is 0. The van der Waals surface area contributed by atoms with Crippen LogP contribution >= 0.6 is 0 Å². The van der Waals surface area contributed by atoms with E-state index in [9.17, 15) is 61.0 Å². The fraction of sp³-hybridized carbons (Fsp3) is 0.850. The molecule has 3 aliphatic rings. The van der Waals surface area contributed by atoms with Gasteiger partial charge in [-0.05, 0) is 57.8 Å². The third kappa shape index (κ3) is 27.3. The van der Waals surface area contributed by atoms with E-state index >= 15 is 0 Å². The van der Waals surface area contributed by atoms with E-state index in [1.807, 2.05) is 6.08 Å². The molecule has 17 unspecified atom stereocenters. The minimum atomic E-state index is -1.98. The van der Waals surface area contributed by atoms with E-state index in [0.717, 1.165) is 77.0 Å². The lowest BCUT2D eigenvalue weighted by molar-refractivity contribution is -0.379. The minimum Gasteiger partial charge on any atom is -0.394 e. The first-order chi connectivity index (χ1) is 38.3. The predicted octanol–water partition coefficient (Wildman–Crippen LogP) is 5.48. The monoisotopic (exact) mass is 1130 g/mol. The molecule has 0 bridgehead atoms. The number of aliphatic hydroxyl groups is 11. The number of rotatable bonds is 44. The van der Waals surface area contributed by atoms with Crippen molar-refractivity contribution >= 4 is 5.91 Å². The summed E-state index contributed by atoms with van der Waals surface area (Å²) in [6, 6.07) is -0.980. The van der Waals surface area contributed by atoms with Crippen LogP contribution in [0, 0.1) is 0 Å². The highest BCUT2D eigenvalue weighted by molar-refractivity contribution is 5.76. The normalized spacial score (nSPS) is 30.6. The van der Waals surface area contributed by atoms with Crippen LogP contribution in [0.15, 0.2) is 48.6 Å². The highest BCUT2D eigenvalue weighted by atomic mass is 16.8. The molecule has 19 nitrogen and oxygen atoms in total. The second-order valence-electron chi connectivity index (χ2n) is 21.8. The van der Waals surface area contributed by atoms with Crippen LogP contribution in [0.1, 0.15) is 194 Å². The summed E-state index contributed by atoms with van der Waals surface area (Å²) in [5, 5.41) is 120. The summed E-state index contributed by atoms with van der Waals surface area (Å²) in [4.78, 5) is 13.3. The SMILES string of the molecule is CCCCCCC/C=C\C/C=C\C/C=C\CCCCCCCCC(=O)NC(COC1OC(CO)C(OC2OC(CO)C(OC3OC(CO)C(O)C(O)C3O)C(O)C2O)C(O)C1O)C(O)/C=C/CCCCCCCCCCCCC. The van der Waals surface area contributed by atoms with Gasteiger partial charge in [0.15, 0.2) is 18.9 Å². The van der Waals surface area contributed by atoms with E-state index in [0.29, 0.717) is 6.42 Å². The molecule has 3 saturated heterocycles. The average molecular weight is 1130 g/mol. The number of carbonyl (C=O) groups is 1. The Labute approximate surface area is 472 Å². The number of hydrogen-bond acceptors (Lipinski definition) is 18. The van der Waals surface area contributed by atoms with Gasteiger partial charge in [0.05, 0.1) is 38.6 Å². The van der Waals surface area contributed by atoms with Crippen molar-refractivity contribution in [3.05, 3.63) is 48.6 Å². The van der Waals surface area contributed by atoms with E-state index in [-0.39, 0.29) is 18.9 Å². The van der Waals surface area contributed by atoms with E-state index in [4.69, 9.17) is 28.4 Å². The number of amides is 1. The lowest BCUT2D eigenvalue weighted by Crippen LogP contribution is -2.66. The Morgan fingerprint density at radius 1 is 0.456 bits per heavy atom. The second-order valence-corrected chi connectivity index (χ2v) is 21.8. The Hall–Kier alpha value is -2.25. The molecule has 79 heavy (non-hydrogen) atoms. The summed E-state index contributed by atoms with van der Waals surface area (Å²) in [6.45, 7) is 1.68. The number of unbranched alkanes of at least 4 members (excludes halogenated alkanes) is 22. The number of aliphatic hydroxyl groups excluding tert-OH is 11. The average Bonchev–Trinajstić information content (AvgIpc) is 3.45. The molecule has 460 valence electrons. The molecule has 3 rings (SSSR count). The maximum absolute atomic E-state index is 13.3. The summed E-state index contributed by atoms with van der Waals surface area (Å²) in [6.07, 6.45) is 20.9. The first kappa shape index (κ1) is 71.0. The molecule has 17 atom stereocenters. The molecule has 0 aromatic heterocycles. The van der Waals surface area contributed by atoms with Gasteiger partial charge in [-0.1, -0.05) is 178 Å². The molecular weight excluding hydrogens is 1020 g/mol. The van der Waals surface area contributed by atoms with Crippen molar-refractivity contribution in [3.63, 3.8) is 0 Å². The van der Waals surface area contributed by atoms with Crippen LogP contribution in [-0.4, -0.2) is 193 Å². The van der Waals surface area contributed by atoms with Crippen LogP contribution in [-0.2, 0) is 33.2 Å². The van der Waals surface area contributed by atoms with Gasteiger partial charge in [0, 0.05) is 6.42 Å². The number of nitrogens with one attached hydrogen (secondary N) is 1. The van der Waals surface area contributed by atoms with Crippen LogP contribution in [0.4, 0.5) is 0 Å². The number of carbonyl (C=O) groups excluding carboxylic acids is 1. The Bertz CT molecular complexity index is 1630. The van der Waals surface area contributed by atoms with Crippen LogP contribution < -0.4 is 5.32 Å². The largest absolute Gasteiger partial charge is 0.394 e. The third-order valence-electron chi connectivity index (χ3n) is 15.1. The number of hydrogen-bond donors (Lipinski definition) is 12. The first-order valence-electron chi connectivity index (χ1n) is 30.4. The van der Waals surface area contributed by atoms with Crippen molar-refractivity contribution in [1.82, 2.24) is 5.32 Å². The van der Waals surface area contributed by atoms with Gasteiger partial charge in [-0.2, -0.15) is 0 Å². The zero-order valence-electron chi connectivity index (χ0n) is 47.8. The highest BCUT2D eigenvalue weighted by Gasteiger charge is 2.53. The lowest BCUT2D eigenvalue weighted by atomic mass is 9.96. The van der Waals surface area contributed by atoms with Gasteiger partial charge in [-0.25, -0.2) is 0 Å². The predicted molar refractivity (Wildman–Crippen MR) is 300 cm³/mol. The van der Waals surface area contributed by atoms with Crippen molar-refractivity contribution < 1.29 is 89.4 Å². The standard InChI is InChI=1S/C60H107NO18/c1-3-5-7-9-11-13-15-17-18-19-20-21-22-23-24-26-28-30-32-34-36-38-48(66)61-43(44(65)37-35-33-31-29-27-25-16-14-12-10-8-6-4-2)42-74-58-54(72)51(69)56(46(40-63)76-58)79-60-55(73)52(70)57(47(41-64)77-60)78-59-53(71)50(68)49(67)45(39-62)75-59/h15,17,19-20,22-23,35,37,43-47,49-60,62-65,67-73H,3-14,16,18,21,24-34,36,38-42H2,1-2H3,(H,61,66)/b17-15-,20-19-,23-22-,37-35+. The summed E-state index contributed by atoms with van der Waals surface area (Å²) < 4.78 is 34.2. The molecule has 1 amide bonds. The fourth-order valence-corrected chi connectivity index (χ4v) is 10.1. The number of ether oxygens (including phenoxy) is 6. The van der Waals surface area contributed by atoms with Crippen molar-refractivity contribution in [2.24, 2.45) is 0 Å². The molecule has 12 N–H and O–H groups in total. The van der Waals surface area contributed by atoms with E-state index < -0.39 is 124 Å². The van der Waals surface area contributed by atoms with Gasteiger partial charge in [-0.3, -0.25) is 4.79 Å². The maximum atomic E-state index is 13.3. The smallest absolute Gasteiger partial charge is 0.220 e. The Balaban J connectivity index is 1.50. The number of allylic oxidation sites excluding steroid dienone is 7. The zero-order valence-corrected chi connectivity index (χ0v) is 47.8. The summed E-state index contributed by atoms with van der Waals surface area (Å²) in [5.41, 5.74) is 0. The van der Waals surface area contributed by atoms with Gasteiger partial charge in [0.1, 0.15) is 73.2 Å². The minimum absolute atomic E-state index is 0.227. The molecule has 0 spiro atoms. The topological polar surface area (TPSA) is 307 Å². The molecule has 0 aliphatic carbocycles. The van der Waals surface area contributed by atoms with Crippen molar-refractivity contribution in [1.29, 1.82) is 0 Å². The van der Waals surface area contributed by atoms with Gasteiger partial charge >= 0.3 is 0 Å². The molecule has 0 aromatic carbocycles. The molecule has 3 heterocycles. The summed E-state index contributed by atoms with van der Waals surface area (Å²) >= 11 is 0. The van der Waals surface area contributed by atoms with E-state index in [1.165, 1.54) is 89.9 Å². The molecule has 3 aliphatic heterocycles. The third-order valence-corrected chi connectivity index (χ3v) is 15.1. The van der Waals surface area contributed by atoms with Crippen LogP contribution in [0.2, 0.25) is 0 Å². The molecule has 3 fully saturated rings. The van der Waals surface area contributed by atoms with Crippen LogP contribution in [0.3, 0.4) is 0 Å². The highest BCUT2D eigenvalue weighted by Crippen LogP contribution is 2.33. The van der Waals surface area contributed by atoms with Gasteiger partial charge in [0.25, 0.3) is 0 Å². The van der Waals surface area contributed by atoms with E-state index in [1.54, 1.807) is 6.08 Å². The summed E-state index contributed by atoms with van der Waals surface area (Å²) in [5.74, 6) is -0.290. The van der Waals surface area contributed by atoms with E-state index in [2.05, 4.69) is 55.6 Å². The zero-order chi connectivity index (χ0) is 57.6. The van der Waals surface area contributed by atoms with Crippen molar-refractivity contribution in [2.45, 2.75) is 298 Å². The Kier molecular flexibility index (Phi) is 39.0. The Morgan fingerprint density at radius 2 is 0.835 bits per heavy atom. The second kappa shape index (κ2) is 43.4. The first-order valence-corrected chi connectivity index (χ1v) is 30.4. The fourth-order valence-electron chi connectivity index (χ4n) is 10.1. The van der Waals surface area contributed by atoms with Gasteiger partial charge in [0.2, 0.25) is 5.91 Å².